The summed E-state index contributed by atoms with van der Waals surface area (Å²) < 4.78 is 52.5. The highest BCUT2D eigenvalue weighted by Crippen LogP contribution is 2.28. The normalized spacial score (nSPS) is 11.4. The van der Waals surface area contributed by atoms with Gasteiger partial charge in [0.25, 0.3) is 0 Å². The number of halogens is 3. The minimum absolute atomic E-state index is 0.0437. The average molecular weight is 296 g/mol. The zero-order valence-corrected chi connectivity index (χ0v) is 10.7. The summed E-state index contributed by atoms with van der Waals surface area (Å²) in [5.74, 6) is 3.28. The quantitative estimate of drug-likeness (QED) is 0.417. The Balaban J connectivity index is 2.56. The van der Waals surface area contributed by atoms with Crippen LogP contribution in [0.15, 0.2) is 6.07 Å². The molecule has 0 aliphatic rings. The van der Waals surface area contributed by atoms with Crippen molar-refractivity contribution in [2.75, 3.05) is 39.0 Å². The van der Waals surface area contributed by atoms with E-state index in [1.54, 1.807) is 0 Å². The first-order valence-corrected chi connectivity index (χ1v) is 5.59. The number of nitrogens with zero attached hydrogens (tertiary/aromatic N) is 2. The SMILES string of the molecule is COCCOCCOc1cc(NN)nc(C(F)(F)F)n1. The minimum Gasteiger partial charge on any atom is -0.475 e. The van der Waals surface area contributed by atoms with Gasteiger partial charge in [-0.3, -0.25) is 0 Å². The zero-order chi connectivity index (χ0) is 15.0. The van der Waals surface area contributed by atoms with Crippen LogP contribution in [0, 0.1) is 0 Å². The van der Waals surface area contributed by atoms with Crippen LogP contribution in [-0.4, -0.2) is 43.5 Å². The van der Waals surface area contributed by atoms with Gasteiger partial charge in [-0.25, -0.2) is 10.8 Å². The zero-order valence-electron chi connectivity index (χ0n) is 10.7. The van der Waals surface area contributed by atoms with Crippen molar-refractivity contribution in [2.45, 2.75) is 6.18 Å². The molecule has 20 heavy (non-hydrogen) atoms. The van der Waals surface area contributed by atoms with Gasteiger partial charge in [-0.15, -0.1) is 0 Å². The van der Waals surface area contributed by atoms with Crippen molar-refractivity contribution in [1.29, 1.82) is 0 Å². The number of hydrazine groups is 1. The monoisotopic (exact) mass is 296 g/mol. The van der Waals surface area contributed by atoms with Crippen LogP contribution in [-0.2, 0) is 15.7 Å². The molecule has 0 aliphatic heterocycles. The van der Waals surface area contributed by atoms with Crippen LogP contribution in [0.5, 0.6) is 5.88 Å². The molecule has 1 heterocycles. The van der Waals surface area contributed by atoms with Crippen LogP contribution in [0.1, 0.15) is 5.82 Å². The maximum Gasteiger partial charge on any atom is 0.451 e. The first-order chi connectivity index (χ1) is 9.47. The number of nitrogens with one attached hydrogen (secondary N) is 1. The highest BCUT2D eigenvalue weighted by Gasteiger charge is 2.35. The van der Waals surface area contributed by atoms with Gasteiger partial charge < -0.3 is 19.6 Å². The number of anilines is 1. The van der Waals surface area contributed by atoms with Crippen molar-refractivity contribution in [3.8, 4) is 5.88 Å². The third-order valence-corrected chi connectivity index (χ3v) is 2.01. The fourth-order valence-corrected chi connectivity index (χ4v) is 1.15. The van der Waals surface area contributed by atoms with E-state index >= 15 is 0 Å². The van der Waals surface area contributed by atoms with E-state index in [-0.39, 0.29) is 24.9 Å². The Morgan fingerprint density at radius 1 is 1.20 bits per heavy atom. The molecule has 1 aromatic heterocycles. The summed E-state index contributed by atoms with van der Waals surface area (Å²) >= 11 is 0. The summed E-state index contributed by atoms with van der Waals surface area (Å²) in [6, 6.07) is 1.16. The number of methoxy groups -OCH3 is 1. The molecule has 0 amide bonds. The second-order valence-corrected chi connectivity index (χ2v) is 3.51. The Morgan fingerprint density at radius 3 is 2.50 bits per heavy atom. The van der Waals surface area contributed by atoms with E-state index in [0.717, 1.165) is 6.07 Å². The van der Waals surface area contributed by atoms with Crippen LogP contribution in [0.25, 0.3) is 0 Å². The molecule has 0 saturated carbocycles. The van der Waals surface area contributed by atoms with E-state index in [2.05, 4.69) is 9.97 Å². The summed E-state index contributed by atoms with van der Waals surface area (Å²) in [4.78, 5) is 6.44. The van der Waals surface area contributed by atoms with Crippen LogP contribution in [0.2, 0.25) is 0 Å². The van der Waals surface area contributed by atoms with E-state index in [9.17, 15) is 13.2 Å². The van der Waals surface area contributed by atoms with Crippen molar-refractivity contribution in [1.82, 2.24) is 9.97 Å². The van der Waals surface area contributed by atoms with Gasteiger partial charge in [-0.2, -0.15) is 18.2 Å². The molecule has 1 rings (SSSR count). The molecule has 114 valence electrons. The molecule has 0 fully saturated rings. The summed E-state index contributed by atoms with van der Waals surface area (Å²) in [5.41, 5.74) is 2.02. The largest absolute Gasteiger partial charge is 0.475 e. The smallest absolute Gasteiger partial charge is 0.451 e. The Kier molecular flexibility index (Phi) is 6.42. The predicted molar refractivity (Wildman–Crippen MR) is 63.0 cm³/mol. The second-order valence-electron chi connectivity index (χ2n) is 3.51. The van der Waals surface area contributed by atoms with Crippen molar-refractivity contribution in [2.24, 2.45) is 5.84 Å². The van der Waals surface area contributed by atoms with Crippen molar-refractivity contribution in [3.63, 3.8) is 0 Å². The Labute approximate surface area is 113 Å². The fraction of sp³-hybridized carbons (Fsp3) is 0.600. The number of hydrogen-bond donors (Lipinski definition) is 2. The summed E-state index contributed by atoms with van der Waals surface area (Å²) in [6.07, 6.45) is -4.68. The first-order valence-electron chi connectivity index (χ1n) is 5.59. The topological polar surface area (TPSA) is 91.5 Å². The number of hydrogen-bond acceptors (Lipinski definition) is 7. The molecule has 7 nitrogen and oxygen atoms in total. The van der Waals surface area contributed by atoms with Crippen LogP contribution < -0.4 is 16.0 Å². The second kappa shape index (κ2) is 7.82. The van der Waals surface area contributed by atoms with Gasteiger partial charge in [0.2, 0.25) is 11.7 Å². The lowest BCUT2D eigenvalue weighted by atomic mass is 10.5. The van der Waals surface area contributed by atoms with Gasteiger partial charge in [0, 0.05) is 13.2 Å². The molecular weight excluding hydrogens is 281 g/mol. The first kappa shape index (κ1) is 16.4. The molecule has 0 radical (unpaired) electrons. The number of nitrogen functional groups attached to an aromatic ring is 1. The van der Waals surface area contributed by atoms with E-state index in [4.69, 9.17) is 20.1 Å². The standard InChI is InChI=1S/C10H15F3N4O3/c1-18-2-3-19-4-5-20-8-6-7(17-14)15-9(16-8)10(11,12)13/h6H,2-5,14H2,1H3,(H,15,16,17). The number of alkyl halides is 3. The Morgan fingerprint density at radius 2 is 1.90 bits per heavy atom. The highest BCUT2D eigenvalue weighted by molar-refractivity contribution is 5.37. The number of ether oxygens (including phenoxy) is 3. The van der Waals surface area contributed by atoms with E-state index in [0.29, 0.717) is 13.2 Å². The summed E-state index contributed by atoms with van der Waals surface area (Å²) in [6.45, 7) is 1.03. The highest BCUT2D eigenvalue weighted by atomic mass is 19.4. The lowest BCUT2D eigenvalue weighted by molar-refractivity contribution is -0.145. The maximum atomic E-state index is 12.5. The summed E-state index contributed by atoms with van der Waals surface area (Å²) in [7, 11) is 1.53. The maximum absolute atomic E-state index is 12.5. The van der Waals surface area contributed by atoms with Gasteiger partial charge in [-0.1, -0.05) is 0 Å². The molecule has 1 aromatic rings. The van der Waals surface area contributed by atoms with Gasteiger partial charge in [0.1, 0.15) is 12.4 Å². The molecular formula is C10H15F3N4O3. The lowest BCUT2D eigenvalue weighted by Crippen LogP contribution is -2.17. The number of aromatic nitrogens is 2. The molecule has 10 heteroatoms. The molecule has 3 N–H and O–H groups in total. The Hall–Kier alpha value is -1.65. The van der Waals surface area contributed by atoms with Gasteiger partial charge in [0.15, 0.2) is 0 Å². The van der Waals surface area contributed by atoms with Gasteiger partial charge in [0.05, 0.1) is 19.8 Å². The van der Waals surface area contributed by atoms with Gasteiger partial charge >= 0.3 is 6.18 Å². The van der Waals surface area contributed by atoms with E-state index in [1.165, 1.54) is 7.11 Å². The van der Waals surface area contributed by atoms with Crippen LogP contribution >= 0.6 is 0 Å². The third-order valence-electron chi connectivity index (χ3n) is 2.01. The van der Waals surface area contributed by atoms with E-state index in [1.807, 2.05) is 5.43 Å². The molecule has 0 unspecified atom stereocenters. The van der Waals surface area contributed by atoms with Crippen molar-refractivity contribution < 1.29 is 27.4 Å². The lowest BCUT2D eigenvalue weighted by Gasteiger charge is -2.11. The Bertz CT molecular complexity index is 417. The van der Waals surface area contributed by atoms with Gasteiger partial charge in [-0.05, 0) is 0 Å². The third kappa shape index (κ3) is 5.55. The number of rotatable bonds is 8. The molecule has 0 aromatic carbocycles. The molecule has 0 aliphatic carbocycles. The van der Waals surface area contributed by atoms with Crippen LogP contribution in [0.4, 0.5) is 19.0 Å². The molecule has 0 spiro atoms. The van der Waals surface area contributed by atoms with Crippen molar-refractivity contribution in [3.05, 3.63) is 11.9 Å². The molecule has 0 bridgehead atoms. The average Bonchev–Trinajstić information content (AvgIpc) is 2.41. The van der Waals surface area contributed by atoms with E-state index < -0.39 is 12.0 Å². The predicted octanol–water partition coefficient (Wildman–Crippen LogP) is 0.823. The number of nitrogens with two attached hydrogens (primary N) is 1. The molecule has 0 atom stereocenters. The van der Waals surface area contributed by atoms with Crippen LogP contribution in [0.3, 0.4) is 0 Å². The minimum atomic E-state index is -4.68. The molecule has 0 saturated heterocycles. The fourth-order valence-electron chi connectivity index (χ4n) is 1.15. The summed E-state index contributed by atoms with van der Waals surface area (Å²) in [5, 5.41) is 0. The van der Waals surface area contributed by atoms with Crippen molar-refractivity contribution >= 4 is 5.82 Å².